The first kappa shape index (κ1) is 83.1. The second-order valence-corrected chi connectivity index (χ2v) is 36.8. The Kier molecular flexibility index (Phi) is 27.7. The molecule has 12 heterocycles. The Morgan fingerprint density at radius 1 is 0.435 bits per heavy atom. The minimum Gasteiger partial charge on any atom is -0.488 e. The van der Waals surface area contributed by atoms with Crippen molar-refractivity contribution in [3.8, 4) is 23.0 Å². The van der Waals surface area contributed by atoms with Crippen molar-refractivity contribution in [2.75, 3.05) is 72.2 Å². The molecule has 2 amide bonds. The molecule has 0 saturated carbocycles. The Hall–Kier alpha value is -8.96. The third-order valence-electron chi connectivity index (χ3n) is 17.3. The summed E-state index contributed by atoms with van der Waals surface area (Å²) >= 11 is 2.93. The molecule has 0 unspecified atom stereocenters. The van der Waals surface area contributed by atoms with Gasteiger partial charge in [-0.3, -0.25) is 29.1 Å². The van der Waals surface area contributed by atoms with E-state index in [1.165, 1.54) is 35.6 Å². The van der Waals surface area contributed by atoms with Crippen molar-refractivity contribution in [3.05, 3.63) is 185 Å². The van der Waals surface area contributed by atoms with Gasteiger partial charge in [0.15, 0.2) is 23.1 Å². The molecule has 0 aliphatic carbocycles. The number of rotatable bonds is 26. The highest BCUT2D eigenvalue weighted by atomic mass is 32.2. The van der Waals surface area contributed by atoms with E-state index in [2.05, 4.69) is 39.9 Å². The van der Waals surface area contributed by atoms with Gasteiger partial charge in [-0.05, 0) is 113 Å². The second kappa shape index (κ2) is 36.0. The van der Waals surface area contributed by atoms with E-state index in [1.807, 2.05) is 69.6 Å². The molecule has 8 aromatic rings. The number of nitrogens with zero attached hydrogens (tertiary/aromatic N) is 13. The Bertz CT molecular complexity index is 4900. The topological polar surface area (TPSA) is 344 Å². The number of hydrogen-bond donors (Lipinski definition) is 0. The minimum atomic E-state index is -3.25. The number of aryl methyl sites for hydroxylation is 8. The minimum absolute atomic E-state index is 0.0228. The van der Waals surface area contributed by atoms with Crippen LogP contribution in [0.4, 0.5) is 4.79 Å². The first-order valence-corrected chi connectivity index (χ1v) is 41.6. The van der Waals surface area contributed by atoms with Gasteiger partial charge in [0.05, 0.1) is 94.3 Å². The van der Waals surface area contributed by atoms with Crippen LogP contribution in [-0.2, 0) is 55.8 Å². The number of ether oxygens (including phenoxy) is 4. The van der Waals surface area contributed by atoms with Gasteiger partial charge in [-0.1, -0.05) is 12.1 Å². The zero-order valence-corrected chi connectivity index (χ0v) is 67.5. The summed E-state index contributed by atoms with van der Waals surface area (Å²) in [7, 11) is -6.22. The number of aromatic nitrogens is 8. The predicted octanol–water partition coefficient (Wildman–Crippen LogP) is 8.96. The number of pyridine rings is 6. The number of thiazole rings is 2. The lowest BCUT2D eigenvalue weighted by Gasteiger charge is -2.40. The molecule has 4 fully saturated rings. The third-order valence-corrected chi connectivity index (χ3v) is 25.4. The molecule has 33 heteroatoms. The van der Waals surface area contributed by atoms with E-state index < -0.39 is 40.6 Å². The lowest BCUT2D eigenvalue weighted by atomic mass is 10.1. The van der Waals surface area contributed by atoms with Crippen molar-refractivity contribution >= 4 is 81.9 Å². The van der Waals surface area contributed by atoms with E-state index in [4.69, 9.17) is 18.9 Å². The molecule has 4 aliphatic rings. The average Bonchev–Trinajstić information content (AvgIpc) is 0.816. The molecule has 4 saturated heterocycles. The van der Waals surface area contributed by atoms with E-state index in [0.29, 0.717) is 127 Å². The van der Waals surface area contributed by atoms with Gasteiger partial charge in [0.1, 0.15) is 80.2 Å². The number of sulfonamides is 3. The summed E-state index contributed by atoms with van der Waals surface area (Å²) in [5.74, 6) is 1.82. The van der Waals surface area contributed by atoms with Crippen molar-refractivity contribution in [2.24, 2.45) is 0 Å². The van der Waals surface area contributed by atoms with E-state index in [1.54, 1.807) is 140 Å². The highest BCUT2D eigenvalue weighted by molar-refractivity contribution is 7.90. The third kappa shape index (κ3) is 22.8. The monoisotopic (exact) mass is 1580 g/mol. The standard InChI is InChI=1S/C20H25N3O4S.C19H23N3O4S.C18H22N4O3S.C18H23N3O4S2/c1-13(2)28(25,26)23-11-18(12-23)27-17-7-15(4)22-19(9-17)20(24)8-16-6-5-14(3)10-21-16;1-4-27(24,25)22-11-17(12-22)26-16-7-14(3)21-18(9-16)19(23)8-15-6-5-13(2)10-20-15;1-11-5-13(25-14-8-22(9-14)18(24)21(3)4)6-15(19-11)16(23)7-17-20-12(2)10-26-17;1-11(2)27(23,24)21-8-15(9-21)25-14-5-12(3)19-16(6-14)17(22)7-18-20-13(4)10-26-18/h5-7,9-10,13,18H,8,11-12H2,1-4H3;5-7,9-10,17H,4,8,11-12H2,1-3H3;5-6,10,14H,7-9H2,1-4H3;5-6,10-11,15H,7-9H2,1-4H3. The van der Waals surface area contributed by atoms with Crippen LogP contribution < -0.4 is 18.9 Å². The largest absolute Gasteiger partial charge is 0.488 e. The maximum Gasteiger partial charge on any atom is 0.319 e. The number of likely N-dealkylation sites (tertiary alicyclic amines) is 1. The molecule has 108 heavy (non-hydrogen) atoms. The molecule has 4 aliphatic heterocycles. The van der Waals surface area contributed by atoms with Gasteiger partial charge in [0, 0.05) is 131 Å². The van der Waals surface area contributed by atoms with Crippen LogP contribution in [0.3, 0.4) is 0 Å². The van der Waals surface area contributed by atoms with Gasteiger partial charge < -0.3 is 28.7 Å². The van der Waals surface area contributed by atoms with Crippen LogP contribution >= 0.6 is 22.7 Å². The Balaban J connectivity index is 0.000000166. The average molecular weight is 1580 g/mol. The van der Waals surface area contributed by atoms with Gasteiger partial charge in [0.25, 0.3) is 0 Å². The molecule has 0 N–H and O–H groups in total. The molecule has 0 bridgehead atoms. The van der Waals surface area contributed by atoms with Crippen LogP contribution in [-0.4, -0.2) is 224 Å². The maximum atomic E-state index is 12.6. The van der Waals surface area contributed by atoms with E-state index in [9.17, 15) is 49.2 Å². The Morgan fingerprint density at radius 2 is 0.741 bits per heavy atom. The summed E-state index contributed by atoms with van der Waals surface area (Å²) in [6.45, 7) is 26.2. The van der Waals surface area contributed by atoms with Gasteiger partial charge in [-0.2, -0.15) is 12.9 Å². The fraction of sp³-hybridized carbons (Fsp3) is 0.453. The molecular weight excluding hydrogens is 1480 g/mol. The lowest BCUT2D eigenvalue weighted by molar-refractivity contribution is 0.0355. The summed E-state index contributed by atoms with van der Waals surface area (Å²) in [5.41, 5.74) is 9.38. The maximum absolute atomic E-state index is 12.6. The second-order valence-electron chi connectivity index (χ2n) is 27.7. The SMILES string of the molecule is CCS(=O)(=O)N1CC(Oc2cc(C)nc(C(=O)Cc3ccc(C)cn3)c2)C1.Cc1cc(OC2CN(C(=O)N(C)C)C2)cc(C(=O)Cc2nc(C)cs2)n1.Cc1cc(OC2CN(S(=O)(=O)C(C)C)C2)cc(C(=O)Cc2nc(C)cs2)n1.Cc1ccc(CC(=O)c2cc(OC3CN(S(=O)(=O)C(C)C)C3)cc(C)n2)nc1. The Labute approximate surface area is 639 Å². The molecule has 28 nitrogen and oxygen atoms in total. The van der Waals surface area contributed by atoms with Crippen LogP contribution in [0.25, 0.3) is 0 Å². The summed E-state index contributed by atoms with van der Waals surface area (Å²) in [6.07, 6.45) is 3.52. The van der Waals surface area contributed by atoms with Crippen molar-refractivity contribution in [1.29, 1.82) is 0 Å². The van der Waals surface area contributed by atoms with Crippen molar-refractivity contribution in [1.82, 2.24) is 62.6 Å². The van der Waals surface area contributed by atoms with Crippen molar-refractivity contribution < 1.29 is 68.2 Å². The van der Waals surface area contributed by atoms with Crippen molar-refractivity contribution in [3.63, 3.8) is 0 Å². The number of carbonyl (C=O) groups excluding carboxylic acids is 5. The van der Waals surface area contributed by atoms with Crippen LogP contribution in [0.2, 0.25) is 0 Å². The Morgan fingerprint density at radius 3 is 1.01 bits per heavy atom. The number of ketones is 4. The smallest absolute Gasteiger partial charge is 0.319 e. The first-order valence-electron chi connectivity index (χ1n) is 35.2. The molecule has 0 radical (unpaired) electrons. The molecular formula is C75H93N13O15S5. The van der Waals surface area contributed by atoms with Crippen LogP contribution in [0.15, 0.2) is 96.0 Å². The molecule has 12 rings (SSSR count). The van der Waals surface area contributed by atoms with E-state index in [0.717, 1.165) is 38.2 Å². The highest BCUT2D eigenvalue weighted by Gasteiger charge is 2.41. The first-order chi connectivity index (χ1) is 50.9. The van der Waals surface area contributed by atoms with E-state index >= 15 is 0 Å². The summed E-state index contributed by atoms with van der Waals surface area (Å²) in [6, 6.07) is 21.1. The quantitative estimate of drug-likeness (QED) is 0.0456. The molecule has 8 aromatic heterocycles. The molecule has 0 spiro atoms. The van der Waals surface area contributed by atoms with Crippen LogP contribution in [0, 0.1) is 55.4 Å². The molecule has 0 atom stereocenters. The fourth-order valence-electron chi connectivity index (χ4n) is 11.1. The number of carbonyl (C=O) groups is 5. The van der Waals surface area contributed by atoms with Crippen LogP contribution in [0.1, 0.15) is 143 Å². The van der Waals surface area contributed by atoms with E-state index in [-0.39, 0.29) is 85.0 Å². The number of urea groups is 1. The van der Waals surface area contributed by atoms with Crippen LogP contribution in [0.5, 0.6) is 23.0 Å². The normalized spacial score (nSPS) is 15.2. The predicted molar refractivity (Wildman–Crippen MR) is 410 cm³/mol. The lowest BCUT2D eigenvalue weighted by Crippen LogP contribution is -2.58. The molecule has 578 valence electrons. The number of hydrogen-bond acceptors (Lipinski definition) is 25. The summed E-state index contributed by atoms with van der Waals surface area (Å²) in [4.78, 5) is 99.7. The van der Waals surface area contributed by atoms with Gasteiger partial charge in [0.2, 0.25) is 30.1 Å². The zero-order chi connectivity index (χ0) is 78.7. The van der Waals surface area contributed by atoms with Crippen molar-refractivity contribution in [2.45, 2.75) is 151 Å². The summed E-state index contributed by atoms with van der Waals surface area (Å²) < 4.78 is 99.7. The fourth-order valence-corrected chi connectivity index (χ4v) is 16.5. The zero-order valence-electron chi connectivity index (χ0n) is 63.4. The van der Waals surface area contributed by atoms with Gasteiger partial charge in [-0.15, -0.1) is 22.7 Å². The number of Topliss-reactive ketones (excluding diaryl/α,β-unsaturated/α-hetero) is 4. The highest BCUT2D eigenvalue weighted by Crippen LogP contribution is 2.29. The summed E-state index contributed by atoms with van der Waals surface area (Å²) in [5, 5.41) is 4.50. The van der Waals surface area contributed by atoms with Gasteiger partial charge >= 0.3 is 6.03 Å². The van der Waals surface area contributed by atoms with Gasteiger partial charge in [-0.25, -0.2) is 60.0 Å². The number of amides is 2. The molecule has 0 aromatic carbocycles.